The van der Waals surface area contributed by atoms with E-state index in [-0.39, 0.29) is 0 Å². The Morgan fingerprint density at radius 1 is 1.10 bits per heavy atom. The van der Waals surface area contributed by atoms with Crippen molar-refractivity contribution >= 4 is 0 Å². The van der Waals surface area contributed by atoms with Gasteiger partial charge in [0.1, 0.15) is 5.75 Å². The highest BCUT2D eigenvalue weighted by Gasteiger charge is 2.09. The van der Waals surface area contributed by atoms with E-state index in [1.165, 1.54) is 12.8 Å². The summed E-state index contributed by atoms with van der Waals surface area (Å²) in [7, 11) is 1.64. The predicted octanol–water partition coefficient (Wildman–Crippen LogP) is 3.53. The number of benzene rings is 1. The molecule has 0 aliphatic rings. The van der Waals surface area contributed by atoms with Gasteiger partial charge in [0.2, 0.25) is 0 Å². The van der Waals surface area contributed by atoms with Crippen LogP contribution in [-0.4, -0.2) is 24.8 Å². The van der Waals surface area contributed by atoms with Gasteiger partial charge in [-0.15, -0.1) is 0 Å². The van der Waals surface area contributed by atoms with E-state index >= 15 is 0 Å². The molecule has 1 rings (SSSR count). The molecule has 2 N–H and O–H groups in total. The maximum atomic E-state index is 10.1. The Balaban J connectivity index is 2.29. The summed E-state index contributed by atoms with van der Waals surface area (Å²) in [5.41, 5.74) is 0.924. The lowest BCUT2D eigenvalue weighted by Crippen LogP contribution is -2.30. The fourth-order valence-electron chi connectivity index (χ4n) is 2.19. The number of hydrogen-bond acceptors (Lipinski definition) is 3. The summed E-state index contributed by atoms with van der Waals surface area (Å²) in [5.74, 6) is 1.59. The summed E-state index contributed by atoms with van der Waals surface area (Å²) in [6, 6.07) is 8.03. The second-order valence-corrected chi connectivity index (χ2v) is 5.92. The molecule has 0 spiro atoms. The zero-order valence-corrected chi connectivity index (χ0v) is 13.2. The average molecular weight is 279 g/mol. The Hall–Kier alpha value is -1.06. The largest absolute Gasteiger partial charge is 0.497 e. The molecule has 20 heavy (non-hydrogen) atoms. The second-order valence-electron chi connectivity index (χ2n) is 5.92. The van der Waals surface area contributed by atoms with Crippen molar-refractivity contribution in [2.45, 2.75) is 52.2 Å². The molecule has 1 aromatic rings. The van der Waals surface area contributed by atoms with Crippen molar-refractivity contribution in [1.82, 2.24) is 5.32 Å². The average Bonchev–Trinajstić information content (AvgIpc) is 2.44. The van der Waals surface area contributed by atoms with Crippen molar-refractivity contribution in [3.63, 3.8) is 0 Å². The molecule has 0 saturated heterocycles. The lowest BCUT2D eigenvalue weighted by atomic mass is 10.0. The molecule has 3 heteroatoms. The van der Waals surface area contributed by atoms with Crippen LogP contribution in [0.4, 0.5) is 0 Å². The quantitative estimate of drug-likeness (QED) is 0.726. The van der Waals surface area contributed by atoms with Crippen LogP contribution in [0.15, 0.2) is 24.3 Å². The fraction of sp³-hybridized carbons (Fsp3) is 0.647. The van der Waals surface area contributed by atoms with Crippen LogP contribution in [0, 0.1) is 5.92 Å². The van der Waals surface area contributed by atoms with E-state index in [2.05, 4.69) is 26.1 Å². The van der Waals surface area contributed by atoms with Crippen LogP contribution in [0.1, 0.15) is 51.7 Å². The molecule has 0 saturated carbocycles. The number of hydrogen-bond donors (Lipinski definition) is 2. The smallest absolute Gasteiger partial charge is 0.118 e. The van der Waals surface area contributed by atoms with E-state index < -0.39 is 6.10 Å². The first-order chi connectivity index (χ1) is 9.52. The van der Waals surface area contributed by atoms with Crippen LogP contribution in [0.2, 0.25) is 0 Å². The molecule has 0 aromatic heterocycles. The SMILES string of the molecule is COc1ccc(C(O)CNC(C)CCCC(C)C)cc1. The molecule has 0 fully saturated rings. The highest BCUT2D eigenvalue weighted by Crippen LogP contribution is 2.17. The summed E-state index contributed by atoms with van der Waals surface area (Å²) in [5, 5.41) is 13.5. The summed E-state index contributed by atoms with van der Waals surface area (Å²) in [6.07, 6.45) is 3.21. The highest BCUT2D eigenvalue weighted by molar-refractivity contribution is 5.28. The Morgan fingerprint density at radius 2 is 1.75 bits per heavy atom. The minimum atomic E-state index is -0.464. The van der Waals surface area contributed by atoms with Crippen LogP contribution in [0.3, 0.4) is 0 Å². The normalized spacial score (nSPS) is 14.3. The van der Waals surface area contributed by atoms with Gasteiger partial charge in [0.15, 0.2) is 0 Å². The molecular formula is C17H29NO2. The van der Waals surface area contributed by atoms with Gasteiger partial charge in [-0.25, -0.2) is 0 Å². The van der Waals surface area contributed by atoms with Gasteiger partial charge >= 0.3 is 0 Å². The third-order valence-corrected chi connectivity index (χ3v) is 3.58. The Bertz CT molecular complexity index is 362. The molecule has 2 unspecified atom stereocenters. The Kier molecular flexibility index (Phi) is 7.63. The zero-order valence-electron chi connectivity index (χ0n) is 13.2. The van der Waals surface area contributed by atoms with Crippen LogP contribution in [-0.2, 0) is 0 Å². The number of ether oxygens (including phenoxy) is 1. The zero-order chi connectivity index (χ0) is 15.0. The van der Waals surface area contributed by atoms with E-state index in [4.69, 9.17) is 4.74 Å². The third kappa shape index (κ3) is 6.40. The molecule has 2 atom stereocenters. The topological polar surface area (TPSA) is 41.5 Å². The van der Waals surface area contributed by atoms with Gasteiger partial charge in [0.05, 0.1) is 13.2 Å². The molecule has 0 aliphatic heterocycles. The van der Waals surface area contributed by atoms with Crippen LogP contribution < -0.4 is 10.1 Å². The van der Waals surface area contributed by atoms with Crippen molar-refractivity contribution in [1.29, 1.82) is 0 Å². The molecule has 1 aromatic carbocycles. The molecule has 3 nitrogen and oxygen atoms in total. The van der Waals surface area contributed by atoms with Gasteiger partial charge in [-0.1, -0.05) is 38.8 Å². The number of aliphatic hydroxyl groups excluding tert-OH is 1. The minimum absolute atomic E-state index is 0.446. The van der Waals surface area contributed by atoms with Gasteiger partial charge in [0.25, 0.3) is 0 Å². The Labute approximate surface area is 123 Å². The number of aliphatic hydroxyl groups is 1. The van der Waals surface area contributed by atoms with Crippen molar-refractivity contribution in [2.24, 2.45) is 5.92 Å². The van der Waals surface area contributed by atoms with Crippen LogP contribution >= 0.6 is 0 Å². The minimum Gasteiger partial charge on any atom is -0.497 e. The van der Waals surface area contributed by atoms with E-state index in [1.54, 1.807) is 7.11 Å². The van der Waals surface area contributed by atoms with Crippen LogP contribution in [0.5, 0.6) is 5.75 Å². The fourth-order valence-corrected chi connectivity index (χ4v) is 2.19. The first-order valence-electron chi connectivity index (χ1n) is 7.58. The number of rotatable bonds is 9. The summed E-state index contributed by atoms with van der Waals surface area (Å²) < 4.78 is 5.11. The number of methoxy groups -OCH3 is 1. The van der Waals surface area contributed by atoms with Crippen molar-refractivity contribution < 1.29 is 9.84 Å². The maximum absolute atomic E-state index is 10.1. The van der Waals surface area contributed by atoms with Gasteiger partial charge in [0, 0.05) is 12.6 Å². The van der Waals surface area contributed by atoms with Gasteiger partial charge in [-0.3, -0.25) is 0 Å². The van der Waals surface area contributed by atoms with E-state index in [9.17, 15) is 5.11 Å². The highest BCUT2D eigenvalue weighted by atomic mass is 16.5. The molecule has 114 valence electrons. The van der Waals surface area contributed by atoms with Crippen molar-refractivity contribution in [3.05, 3.63) is 29.8 Å². The van der Waals surface area contributed by atoms with Gasteiger partial charge in [-0.05, 0) is 37.0 Å². The van der Waals surface area contributed by atoms with E-state index in [1.807, 2.05) is 24.3 Å². The second kappa shape index (κ2) is 8.98. The maximum Gasteiger partial charge on any atom is 0.118 e. The lowest BCUT2D eigenvalue weighted by Gasteiger charge is -2.18. The van der Waals surface area contributed by atoms with Crippen molar-refractivity contribution in [3.8, 4) is 5.75 Å². The Morgan fingerprint density at radius 3 is 2.30 bits per heavy atom. The van der Waals surface area contributed by atoms with Gasteiger partial charge in [-0.2, -0.15) is 0 Å². The summed E-state index contributed by atoms with van der Waals surface area (Å²) in [4.78, 5) is 0. The molecule has 0 heterocycles. The molecular weight excluding hydrogens is 250 g/mol. The lowest BCUT2D eigenvalue weighted by molar-refractivity contribution is 0.169. The monoisotopic (exact) mass is 279 g/mol. The third-order valence-electron chi connectivity index (χ3n) is 3.58. The summed E-state index contributed by atoms with van der Waals surface area (Å²) in [6.45, 7) is 7.29. The van der Waals surface area contributed by atoms with E-state index in [0.29, 0.717) is 12.6 Å². The molecule has 0 radical (unpaired) electrons. The predicted molar refractivity (Wildman–Crippen MR) is 84.1 cm³/mol. The standard InChI is InChI=1S/C17H29NO2/c1-13(2)6-5-7-14(3)18-12-17(19)15-8-10-16(20-4)11-9-15/h8-11,13-14,17-19H,5-7,12H2,1-4H3. The molecule has 0 bridgehead atoms. The van der Waals surface area contributed by atoms with Crippen molar-refractivity contribution in [2.75, 3.05) is 13.7 Å². The van der Waals surface area contributed by atoms with Crippen LogP contribution in [0.25, 0.3) is 0 Å². The van der Waals surface area contributed by atoms with E-state index in [0.717, 1.165) is 23.7 Å². The summed E-state index contributed by atoms with van der Waals surface area (Å²) >= 11 is 0. The molecule has 0 amide bonds. The number of nitrogens with one attached hydrogen (secondary N) is 1. The van der Waals surface area contributed by atoms with Gasteiger partial charge < -0.3 is 15.2 Å². The molecule has 0 aliphatic carbocycles. The first kappa shape index (κ1) is 17.0. The first-order valence-corrected chi connectivity index (χ1v) is 7.58.